The van der Waals surface area contributed by atoms with Crippen molar-refractivity contribution in [3.8, 4) is 5.75 Å². The zero-order chi connectivity index (χ0) is 17.6. The first kappa shape index (κ1) is 19.1. The van der Waals surface area contributed by atoms with Gasteiger partial charge in [-0.15, -0.1) is 0 Å². The first-order valence-corrected chi connectivity index (χ1v) is 10.2. The molecule has 136 valence electrons. The molecular formula is C17H27FN2O3S. The lowest BCUT2D eigenvalue weighted by Gasteiger charge is -2.16. The van der Waals surface area contributed by atoms with Gasteiger partial charge in [-0.1, -0.05) is 6.42 Å². The predicted molar refractivity (Wildman–Crippen MR) is 92.9 cm³/mol. The Labute approximate surface area is 143 Å². The number of rotatable bonds is 11. The fourth-order valence-electron chi connectivity index (χ4n) is 2.45. The van der Waals surface area contributed by atoms with E-state index in [9.17, 15) is 12.8 Å². The molecule has 0 radical (unpaired) electrons. The van der Waals surface area contributed by atoms with Crippen LogP contribution in [-0.2, 0) is 10.0 Å². The van der Waals surface area contributed by atoms with Gasteiger partial charge in [-0.25, -0.2) is 17.5 Å². The fraction of sp³-hybridized carbons (Fsp3) is 0.647. The van der Waals surface area contributed by atoms with E-state index in [-0.39, 0.29) is 5.75 Å². The number of benzene rings is 1. The van der Waals surface area contributed by atoms with Gasteiger partial charge in [-0.05, 0) is 63.3 Å². The number of ether oxygens (including phenoxy) is 1. The Morgan fingerprint density at radius 2 is 2.08 bits per heavy atom. The Morgan fingerprint density at radius 1 is 1.33 bits per heavy atom. The zero-order valence-corrected chi connectivity index (χ0v) is 14.9. The average molecular weight is 358 g/mol. The first-order chi connectivity index (χ1) is 11.4. The summed E-state index contributed by atoms with van der Waals surface area (Å²) in [7, 11) is -3.45. The highest BCUT2D eigenvalue weighted by Gasteiger charge is 2.23. The molecule has 1 aromatic rings. The summed E-state index contributed by atoms with van der Waals surface area (Å²) >= 11 is 0. The molecule has 0 amide bonds. The third-order valence-corrected chi connectivity index (χ3v) is 5.63. The van der Waals surface area contributed by atoms with Crippen molar-refractivity contribution in [1.29, 1.82) is 0 Å². The number of hydrogen-bond donors (Lipinski definition) is 2. The Morgan fingerprint density at radius 3 is 2.75 bits per heavy atom. The van der Waals surface area contributed by atoms with E-state index in [1.807, 2.05) is 0 Å². The summed E-state index contributed by atoms with van der Waals surface area (Å²) in [6, 6.07) is 3.84. The van der Waals surface area contributed by atoms with Crippen LogP contribution in [0.4, 0.5) is 4.39 Å². The molecule has 1 unspecified atom stereocenters. The van der Waals surface area contributed by atoms with Crippen LogP contribution in [0.3, 0.4) is 0 Å². The van der Waals surface area contributed by atoms with E-state index in [1.54, 1.807) is 19.1 Å². The molecule has 3 N–H and O–H groups in total. The third kappa shape index (κ3) is 6.37. The Bertz CT molecular complexity index is 633. The second-order valence-corrected chi connectivity index (χ2v) is 8.32. The number of sulfonamides is 1. The van der Waals surface area contributed by atoms with Crippen LogP contribution in [-0.4, -0.2) is 27.3 Å². The van der Waals surface area contributed by atoms with Crippen LogP contribution in [0.25, 0.3) is 0 Å². The molecule has 1 aliphatic carbocycles. The van der Waals surface area contributed by atoms with Crippen molar-refractivity contribution in [3.05, 3.63) is 29.6 Å². The Balaban J connectivity index is 1.94. The van der Waals surface area contributed by atoms with E-state index in [1.165, 1.54) is 18.9 Å². The minimum Gasteiger partial charge on any atom is -0.493 e. The molecule has 0 aromatic heterocycles. The monoisotopic (exact) mass is 358 g/mol. The number of unbranched alkanes of at least 4 members (excludes halogenated alkanes) is 2. The zero-order valence-electron chi connectivity index (χ0n) is 14.1. The quantitative estimate of drug-likeness (QED) is 0.596. The largest absolute Gasteiger partial charge is 0.493 e. The molecule has 1 saturated carbocycles. The van der Waals surface area contributed by atoms with Crippen LogP contribution in [0.5, 0.6) is 5.75 Å². The van der Waals surface area contributed by atoms with Gasteiger partial charge in [0.25, 0.3) is 0 Å². The fourth-order valence-corrected chi connectivity index (χ4v) is 3.81. The minimum atomic E-state index is -3.45. The molecular weight excluding hydrogens is 331 g/mol. The van der Waals surface area contributed by atoms with Gasteiger partial charge in [0.1, 0.15) is 11.6 Å². The summed E-state index contributed by atoms with van der Waals surface area (Å²) in [4.78, 5) is 0. The molecule has 1 aromatic carbocycles. The van der Waals surface area contributed by atoms with Gasteiger partial charge >= 0.3 is 0 Å². The molecule has 0 spiro atoms. The van der Waals surface area contributed by atoms with E-state index in [0.717, 1.165) is 12.8 Å². The molecule has 0 aliphatic heterocycles. The summed E-state index contributed by atoms with van der Waals surface area (Å²) in [6.07, 6.45) is 4.47. The predicted octanol–water partition coefficient (Wildman–Crippen LogP) is 2.72. The van der Waals surface area contributed by atoms with Crippen molar-refractivity contribution in [1.82, 2.24) is 4.72 Å². The molecule has 5 nitrogen and oxygen atoms in total. The SMILES string of the molecule is CC(NS(=O)(=O)CCCCCN)c1cc(OCC2CC2)ccc1F. The highest BCUT2D eigenvalue weighted by atomic mass is 32.2. The van der Waals surface area contributed by atoms with Crippen LogP contribution in [0.1, 0.15) is 50.6 Å². The van der Waals surface area contributed by atoms with Crippen LogP contribution >= 0.6 is 0 Å². The van der Waals surface area contributed by atoms with Crippen molar-refractivity contribution in [3.63, 3.8) is 0 Å². The van der Waals surface area contributed by atoms with Gasteiger partial charge < -0.3 is 10.5 Å². The number of hydrogen-bond acceptors (Lipinski definition) is 4. The van der Waals surface area contributed by atoms with Crippen LogP contribution in [0.2, 0.25) is 0 Å². The Kier molecular flexibility index (Phi) is 7.01. The van der Waals surface area contributed by atoms with E-state index in [0.29, 0.717) is 36.8 Å². The van der Waals surface area contributed by atoms with E-state index < -0.39 is 21.9 Å². The van der Waals surface area contributed by atoms with Crippen molar-refractivity contribution in [2.45, 2.75) is 45.1 Å². The van der Waals surface area contributed by atoms with Crippen molar-refractivity contribution in [2.24, 2.45) is 11.7 Å². The van der Waals surface area contributed by atoms with Crippen molar-refractivity contribution < 1.29 is 17.5 Å². The van der Waals surface area contributed by atoms with Crippen LogP contribution in [0.15, 0.2) is 18.2 Å². The minimum absolute atomic E-state index is 0.0246. The number of halogens is 1. The molecule has 7 heteroatoms. The topological polar surface area (TPSA) is 81.4 Å². The molecule has 0 heterocycles. The smallest absolute Gasteiger partial charge is 0.212 e. The maximum absolute atomic E-state index is 14.1. The van der Waals surface area contributed by atoms with Crippen molar-refractivity contribution in [2.75, 3.05) is 18.9 Å². The molecule has 0 bridgehead atoms. The van der Waals surface area contributed by atoms with Gasteiger partial charge in [0.2, 0.25) is 10.0 Å². The van der Waals surface area contributed by atoms with Gasteiger partial charge in [-0.3, -0.25) is 0 Å². The Hall–Kier alpha value is -1.18. The van der Waals surface area contributed by atoms with Gasteiger partial charge in [0.05, 0.1) is 12.4 Å². The number of nitrogens with two attached hydrogens (primary N) is 1. The summed E-state index contributed by atoms with van der Waals surface area (Å²) in [5.74, 6) is 0.763. The summed E-state index contributed by atoms with van der Waals surface area (Å²) in [6.45, 7) is 2.83. The summed E-state index contributed by atoms with van der Waals surface area (Å²) in [5.41, 5.74) is 5.69. The molecule has 1 atom stereocenters. The van der Waals surface area contributed by atoms with Gasteiger partial charge in [-0.2, -0.15) is 0 Å². The standard InChI is InChI=1S/C17H27FN2O3S/c1-13(20-24(21,22)10-4-2-3-9-19)16-11-15(7-8-17(16)18)23-12-14-5-6-14/h7-8,11,13-14,20H,2-6,9-10,12,19H2,1H3. The lowest BCUT2D eigenvalue weighted by atomic mass is 10.1. The van der Waals surface area contributed by atoms with E-state index >= 15 is 0 Å². The van der Waals surface area contributed by atoms with Crippen molar-refractivity contribution >= 4 is 10.0 Å². The second kappa shape index (κ2) is 8.78. The molecule has 1 aliphatic rings. The maximum Gasteiger partial charge on any atom is 0.212 e. The van der Waals surface area contributed by atoms with Crippen LogP contribution < -0.4 is 15.2 Å². The van der Waals surface area contributed by atoms with Gasteiger partial charge in [0.15, 0.2) is 0 Å². The normalized spacial score (nSPS) is 16.1. The molecule has 2 rings (SSSR count). The summed E-state index contributed by atoms with van der Waals surface area (Å²) in [5, 5.41) is 0. The molecule has 24 heavy (non-hydrogen) atoms. The van der Waals surface area contributed by atoms with E-state index in [2.05, 4.69) is 4.72 Å². The lowest BCUT2D eigenvalue weighted by molar-refractivity contribution is 0.298. The van der Waals surface area contributed by atoms with Crippen LogP contribution in [0, 0.1) is 11.7 Å². The summed E-state index contributed by atoms with van der Waals surface area (Å²) < 4.78 is 46.4. The maximum atomic E-state index is 14.1. The first-order valence-electron chi connectivity index (χ1n) is 8.53. The molecule has 0 saturated heterocycles. The second-order valence-electron chi connectivity index (χ2n) is 6.45. The van der Waals surface area contributed by atoms with Gasteiger partial charge in [0, 0.05) is 11.6 Å². The highest BCUT2D eigenvalue weighted by Crippen LogP contribution is 2.30. The number of nitrogens with one attached hydrogen (secondary N) is 1. The molecule has 1 fully saturated rings. The highest BCUT2D eigenvalue weighted by molar-refractivity contribution is 7.89. The third-order valence-electron chi connectivity index (χ3n) is 4.09. The van der Waals surface area contributed by atoms with E-state index in [4.69, 9.17) is 10.5 Å². The lowest BCUT2D eigenvalue weighted by Crippen LogP contribution is -2.29. The average Bonchev–Trinajstić information content (AvgIpc) is 3.34.